The number of benzene rings is 1. The smallest absolute Gasteiger partial charge is 0.310 e. The van der Waals surface area contributed by atoms with Crippen molar-refractivity contribution in [3.63, 3.8) is 0 Å². The Balaban J connectivity index is 2.78. The summed E-state index contributed by atoms with van der Waals surface area (Å²) in [5.74, 6) is 0.163. The van der Waals surface area contributed by atoms with Crippen molar-refractivity contribution in [2.75, 3.05) is 6.61 Å². The van der Waals surface area contributed by atoms with Crippen molar-refractivity contribution in [2.45, 2.75) is 26.2 Å². The van der Waals surface area contributed by atoms with E-state index in [4.69, 9.17) is 4.74 Å². The standard InChI is InChI=1S/C12H15NO4/c1-2-3-4-7-17-12-8-10(9-14)5-6-11(12)13(15)16/h5-6,8-9H,2-4,7H2,1H3. The fraction of sp³-hybridized carbons (Fsp3) is 0.417. The average Bonchev–Trinajstić information content (AvgIpc) is 2.34. The number of aldehydes is 1. The first kappa shape index (κ1) is 13.2. The van der Waals surface area contributed by atoms with Gasteiger partial charge >= 0.3 is 5.69 Å². The van der Waals surface area contributed by atoms with Crippen LogP contribution in [0.25, 0.3) is 0 Å². The van der Waals surface area contributed by atoms with E-state index in [1.807, 2.05) is 0 Å². The van der Waals surface area contributed by atoms with Gasteiger partial charge in [-0.15, -0.1) is 0 Å². The molecule has 0 amide bonds. The number of carbonyl (C=O) groups excluding carboxylic acids is 1. The van der Waals surface area contributed by atoms with Crippen LogP contribution in [0.4, 0.5) is 5.69 Å². The van der Waals surface area contributed by atoms with Crippen molar-refractivity contribution in [1.29, 1.82) is 0 Å². The maximum absolute atomic E-state index is 10.7. The van der Waals surface area contributed by atoms with Crippen molar-refractivity contribution < 1.29 is 14.5 Å². The van der Waals surface area contributed by atoms with Gasteiger partial charge in [-0.2, -0.15) is 0 Å². The van der Waals surface area contributed by atoms with E-state index in [2.05, 4.69) is 6.92 Å². The number of carbonyl (C=O) groups is 1. The highest BCUT2D eigenvalue weighted by Crippen LogP contribution is 2.27. The van der Waals surface area contributed by atoms with Crippen LogP contribution in [0, 0.1) is 10.1 Å². The molecular weight excluding hydrogens is 222 g/mol. The van der Waals surface area contributed by atoms with Crippen LogP contribution in [0.15, 0.2) is 18.2 Å². The van der Waals surface area contributed by atoms with Gasteiger partial charge in [0.15, 0.2) is 5.75 Å². The number of nitrogens with zero attached hydrogens (tertiary/aromatic N) is 1. The van der Waals surface area contributed by atoms with Crippen molar-refractivity contribution in [2.24, 2.45) is 0 Å². The van der Waals surface area contributed by atoms with Gasteiger partial charge in [0, 0.05) is 11.6 Å². The van der Waals surface area contributed by atoms with Gasteiger partial charge < -0.3 is 4.74 Å². The minimum atomic E-state index is -0.510. The van der Waals surface area contributed by atoms with E-state index in [0.717, 1.165) is 19.3 Å². The monoisotopic (exact) mass is 237 g/mol. The van der Waals surface area contributed by atoms with E-state index in [0.29, 0.717) is 18.5 Å². The van der Waals surface area contributed by atoms with Gasteiger partial charge in [-0.05, 0) is 18.6 Å². The normalized spacial score (nSPS) is 9.94. The quantitative estimate of drug-likeness (QED) is 0.316. The second-order valence-corrected chi connectivity index (χ2v) is 3.66. The highest BCUT2D eigenvalue weighted by Gasteiger charge is 2.15. The van der Waals surface area contributed by atoms with Gasteiger partial charge in [0.2, 0.25) is 0 Å². The highest BCUT2D eigenvalue weighted by molar-refractivity contribution is 5.76. The van der Waals surface area contributed by atoms with Crippen LogP contribution >= 0.6 is 0 Å². The highest BCUT2D eigenvalue weighted by atomic mass is 16.6. The molecule has 1 aromatic rings. The van der Waals surface area contributed by atoms with E-state index in [-0.39, 0.29) is 11.4 Å². The number of hydrogen-bond acceptors (Lipinski definition) is 4. The molecule has 5 nitrogen and oxygen atoms in total. The molecule has 92 valence electrons. The Morgan fingerprint density at radius 1 is 1.41 bits per heavy atom. The first-order chi connectivity index (χ1) is 8.19. The molecule has 0 fully saturated rings. The predicted molar refractivity (Wildman–Crippen MR) is 63.5 cm³/mol. The summed E-state index contributed by atoms with van der Waals surface area (Å²) in [4.78, 5) is 20.8. The lowest BCUT2D eigenvalue weighted by Crippen LogP contribution is -2.01. The Bertz CT molecular complexity index is 403. The summed E-state index contributed by atoms with van der Waals surface area (Å²) in [5.41, 5.74) is 0.271. The van der Waals surface area contributed by atoms with Crippen LogP contribution < -0.4 is 4.74 Å². The summed E-state index contributed by atoms with van der Waals surface area (Å²) in [5, 5.41) is 10.7. The molecule has 0 radical (unpaired) electrons. The molecule has 0 aromatic heterocycles. The molecule has 0 N–H and O–H groups in total. The summed E-state index contributed by atoms with van der Waals surface area (Å²) in [6.07, 6.45) is 3.56. The van der Waals surface area contributed by atoms with Gasteiger partial charge in [0.25, 0.3) is 0 Å². The molecule has 0 aliphatic heterocycles. The molecule has 0 heterocycles. The minimum Gasteiger partial charge on any atom is -0.487 e. The maximum Gasteiger partial charge on any atom is 0.310 e. The third-order valence-corrected chi connectivity index (χ3v) is 2.32. The summed E-state index contributed by atoms with van der Waals surface area (Å²) in [6, 6.07) is 4.10. The first-order valence-corrected chi connectivity index (χ1v) is 5.55. The minimum absolute atomic E-state index is 0.105. The van der Waals surface area contributed by atoms with E-state index >= 15 is 0 Å². The summed E-state index contributed by atoms with van der Waals surface area (Å²) in [6.45, 7) is 2.49. The molecule has 0 spiro atoms. The average molecular weight is 237 g/mol. The van der Waals surface area contributed by atoms with Crippen molar-refractivity contribution in [3.8, 4) is 5.75 Å². The summed E-state index contributed by atoms with van der Waals surface area (Å²) >= 11 is 0. The zero-order chi connectivity index (χ0) is 12.7. The Morgan fingerprint density at radius 3 is 2.76 bits per heavy atom. The van der Waals surface area contributed by atoms with Crippen LogP contribution in [-0.4, -0.2) is 17.8 Å². The van der Waals surface area contributed by atoms with Crippen LogP contribution in [0.3, 0.4) is 0 Å². The van der Waals surface area contributed by atoms with E-state index in [1.54, 1.807) is 0 Å². The van der Waals surface area contributed by atoms with Crippen molar-refractivity contribution >= 4 is 12.0 Å². The second kappa shape index (κ2) is 6.62. The fourth-order valence-corrected chi connectivity index (χ4v) is 1.40. The molecule has 17 heavy (non-hydrogen) atoms. The predicted octanol–water partition coefficient (Wildman–Crippen LogP) is 2.98. The molecular formula is C12H15NO4. The molecule has 0 aliphatic carbocycles. The number of nitro benzene ring substituents is 1. The van der Waals surface area contributed by atoms with Crippen molar-refractivity contribution in [3.05, 3.63) is 33.9 Å². The number of unbranched alkanes of at least 4 members (excludes halogenated alkanes) is 2. The van der Waals surface area contributed by atoms with E-state index in [9.17, 15) is 14.9 Å². The molecule has 1 rings (SSSR count). The van der Waals surface area contributed by atoms with Gasteiger partial charge in [0.1, 0.15) is 6.29 Å². The van der Waals surface area contributed by atoms with E-state index < -0.39 is 4.92 Å². The lowest BCUT2D eigenvalue weighted by atomic mass is 10.2. The summed E-state index contributed by atoms with van der Waals surface area (Å²) < 4.78 is 5.34. The van der Waals surface area contributed by atoms with Crippen LogP contribution in [0.5, 0.6) is 5.75 Å². The first-order valence-electron chi connectivity index (χ1n) is 5.55. The third kappa shape index (κ3) is 3.86. The summed E-state index contributed by atoms with van der Waals surface area (Å²) in [7, 11) is 0. The molecule has 0 bridgehead atoms. The number of rotatable bonds is 7. The zero-order valence-corrected chi connectivity index (χ0v) is 9.72. The molecule has 1 aromatic carbocycles. The van der Waals surface area contributed by atoms with Gasteiger partial charge in [-0.1, -0.05) is 19.8 Å². The van der Waals surface area contributed by atoms with Gasteiger partial charge in [0.05, 0.1) is 11.5 Å². The largest absolute Gasteiger partial charge is 0.487 e. The molecule has 0 atom stereocenters. The lowest BCUT2D eigenvalue weighted by Gasteiger charge is -2.06. The van der Waals surface area contributed by atoms with Crippen molar-refractivity contribution in [1.82, 2.24) is 0 Å². The molecule has 0 aliphatic rings. The van der Waals surface area contributed by atoms with Crippen LogP contribution in [0.1, 0.15) is 36.5 Å². The Hall–Kier alpha value is -1.91. The second-order valence-electron chi connectivity index (χ2n) is 3.66. The fourth-order valence-electron chi connectivity index (χ4n) is 1.40. The Kier molecular flexibility index (Phi) is 5.13. The lowest BCUT2D eigenvalue weighted by molar-refractivity contribution is -0.385. The molecule has 0 saturated carbocycles. The van der Waals surface area contributed by atoms with Gasteiger partial charge in [-0.25, -0.2) is 0 Å². The Morgan fingerprint density at radius 2 is 2.18 bits per heavy atom. The topological polar surface area (TPSA) is 69.4 Å². The Labute approximate surface area is 99.5 Å². The zero-order valence-electron chi connectivity index (χ0n) is 9.72. The SMILES string of the molecule is CCCCCOc1cc(C=O)ccc1[N+](=O)[O-]. The van der Waals surface area contributed by atoms with Crippen LogP contribution in [-0.2, 0) is 0 Å². The molecule has 0 saturated heterocycles. The number of ether oxygens (including phenoxy) is 1. The number of nitro groups is 1. The molecule has 0 unspecified atom stereocenters. The van der Waals surface area contributed by atoms with E-state index in [1.165, 1.54) is 18.2 Å². The number of hydrogen-bond donors (Lipinski definition) is 0. The molecule has 5 heteroatoms. The van der Waals surface area contributed by atoms with Crippen LogP contribution in [0.2, 0.25) is 0 Å². The third-order valence-electron chi connectivity index (χ3n) is 2.32. The van der Waals surface area contributed by atoms with Gasteiger partial charge in [-0.3, -0.25) is 14.9 Å². The maximum atomic E-state index is 10.7.